The smallest absolute Gasteiger partial charge is 0.206 e. The van der Waals surface area contributed by atoms with Crippen LogP contribution in [0.4, 0.5) is 0 Å². The van der Waals surface area contributed by atoms with Gasteiger partial charge in [-0.2, -0.15) is 0 Å². The Morgan fingerprint density at radius 3 is 2.58 bits per heavy atom. The molecule has 0 atom stereocenters. The largest absolute Gasteiger partial charge is 0.497 e. The number of pyridine rings is 1. The molecule has 0 fully saturated rings. The van der Waals surface area contributed by atoms with Crippen molar-refractivity contribution in [3.63, 3.8) is 0 Å². The summed E-state index contributed by atoms with van der Waals surface area (Å²) in [6.45, 7) is 0. The van der Waals surface area contributed by atoms with Crippen LogP contribution in [-0.4, -0.2) is 30.7 Å². The van der Waals surface area contributed by atoms with Crippen molar-refractivity contribution in [2.75, 3.05) is 7.11 Å². The fraction of sp³-hybridized carbons (Fsp3) is 0.130. The molecular weight excluding hydrogens is 436 g/mol. The van der Waals surface area contributed by atoms with Gasteiger partial charge in [-0.25, -0.2) is 13.4 Å². The van der Waals surface area contributed by atoms with Gasteiger partial charge in [0.25, 0.3) is 0 Å². The van der Waals surface area contributed by atoms with Crippen molar-refractivity contribution in [1.29, 1.82) is 0 Å². The van der Waals surface area contributed by atoms with E-state index in [4.69, 9.17) is 16.3 Å². The minimum absolute atomic E-state index is 0.0123. The Morgan fingerprint density at radius 2 is 1.84 bits per heavy atom. The van der Waals surface area contributed by atoms with Crippen LogP contribution in [-0.2, 0) is 16.3 Å². The summed E-state index contributed by atoms with van der Waals surface area (Å²) in [6.07, 6.45) is 6.06. The summed E-state index contributed by atoms with van der Waals surface area (Å²) in [6, 6.07) is 14.5. The van der Waals surface area contributed by atoms with Crippen molar-refractivity contribution in [3.05, 3.63) is 89.3 Å². The lowest BCUT2D eigenvalue weighted by molar-refractivity contribution is 0.0982. The van der Waals surface area contributed by atoms with Crippen molar-refractivity contribution < 1.29 is 17.9 Å². The summed E-state index contributed by atoms with van der Waals surface area (Å²) in [5.74, 6) is 0.383. The number of benzene rings is 2. The van der Waals surface area contributed by atoms with Crippen molar-refractivity contribution >= 4 is 32.9 Å². The summed E-state index contributed by atoms with van der Waals surface area (Å²) >= 11 is 6.01. The molecule has 0 bridgehead atoms. The van der Waals surface area contributed by atoms with Crippen LogP contribution in [0.25, 0.3) is 5.65 Å². The van der Waals surface area contributed by atoms with Crippen molar-refractivity contribution in [3.8, 4) is 5.75 Å². The third kappa shape index (κ3) is 4.47. The first-order valence-electron chi connectivity index (χ1n) is 9.51. The highest BCUT2D eigenvalue weighted by Gasteiger charge is 2.19. The van der Waals surface area contributed by atoms with E-state index in [1.54, 1.807) is 65.5 Å². The summed E-state index contributed by atoms with van der Waals surface area (Å²) in [5, 5.41) is 0.280. The molecule has 0 radical (unpaired) electrons. The zero-order valence-corrected chi connectivity index (χ0v) is 18.2. The highest BCUT2D eigenvalue weighted by Crippen LogP contribution is 2.28. The van der Waals surface area contributed by atoms with Crippen molar-refractivity contribution in [2.24, 2.45) is 0 Å². The monoisotopic (exact) mass is 454 g/mol. The minimum Gasteiger partial charge on any atom is -0.497 e. The zero-order valence-electron chi connectivity index (χ0n) is 16.7. The van der Waals surface area contributed by atoms with E-state index in [1.165, 1.54) is 19.2 Å². The van der Waals surface area contributed by atoms with Gasteiger partial charge in [0.2, 0.25) is 9.84 Å². The number of halogens is 1. The maximum Gasteiger partial charge on any atom is 0.206 e. The van der Waals surface area contributed by atoms with Gasteiger partial charge in [0.1, 0.15) is 11.4 Å². The van der Waals surface area contributed by atoms with E-state index in [0.717, 1.165) is 11.2 Å². The SMILES string of the molecule is COc1cc(Cl)cc(S(=O)(=O)c2ccc(CCC(=O)c3ccc4nccn4c3)cc2)c1. The van der Waals surface area contributed by atoms with E-state index in [1.807, 2.05) is 0 Å². The molecule has 4 aromatic rings. The highest BCUT2D eigenvalue weighted by atomic mass is 35.5. The fourth-order valence-electron chi connectivity index (χ4n) is 3.27. The summed E-state index contributed by atoms with van der Waals surface area (Å²) in [5.41, 5.74) is 2.27. The van der Waals surface area contributed by atoms with E-state index in [0.29, 0.717) is 24.2 Å². The Balaban J connectivity index is 1.47. The van der Waals surface area contributed by atoms with E-state index >= 15 is 0 Å². The molecule has 0 aliphatic rings. The second kappa shape index (κ2) is 8.53. The third-order valence-electron chi connectivity index (χ3n) is 4.98. The number of aryl methyl sites for hydroxylation is 1. The number of ether oxygens (including phenoxy) is 1. The highest BCUT2D eigenvalue weighted by molar-refractivity contribution is 7.91. The van der Waals surface area contributed by atoms with Crippen LogP contribution in [0, 0.1) is 0 Å². The quantitative estimate of drug-likeness (QED) is 0.380. The topological polar surface area (TPSA) is 77.7 Å². The van der Waals surface area contributed by atoms with Crippen LogP contribution in [0.3, 0.4) is 0 Å². The number of ketones is 1. The Bertz CT molecular complexity index is 1360. The number of fused-ring (bicyclic) bond motifs is 1. The van der Waals surface area contributed by atoms with Crippen molar-refractivity contribution in [2.45, 2.75) is 22.6 Å². The number of sulfone groups is 1. The molecule has 0 spiro atoms. The summed E-state index contributed by atoms with van der Waals surface area (Å²) in [7, 11) is -2.29. The molecular formula is C23H19ClN2O4S. The van der Waals surface area contributed by atoms with E-state index in [2.05, 4.69) is 4.98 Å². The lowest BCUT2D eigenvalue weighted by Crippen LogP contribution is -2.04. The van der Waals surface area contributed by atoms with Gasteiger partial charge < -0.3 is 9.14 Å². The normalized spacial score (nSPS) is 11.5. The van der Waals surface area contributed by atoms with Crippen LogP contribution in [0.5, 0.6) is 5.75 Å². The number of methoxy groups -OCH3 is 1. The molecule has 2 aromatic carbocycles. The number of carbonyl (C=O) groups is 1. The number of aromatic nitrogens is 2. The number of rotatable bonds is 7. The first-order valence-corrected chi connectivity index (χ1v) is 11.4. The fourth-order valence-corrected chi connectivity index (χ4v) is 4.88. The second-order valence-corrected chi connectivity index (χ2v) is 9.39. The van der Waals surface area contributed by atoms with Crippen molar-refractivity contribution in [1.82, 2.24) is 9.38 Å². The maximum absolute atomic E-state index is 12.9. The minimum atomic E-state index is -3.74. The number of nitrogens with zero attached hydrogens (tertiary/aromatic N) is 2. The molecule has 31 heavy (non-hydrogen) atoms. The van der Waals surface area contributed by atoms with Crippen LogP contribution >= 0.6 is 11.6 Å². The average Bonchev–Trinajstić information content (AvgIpc) is 3.25. The molecule has 0 aliphatic carbocycles. The number of hydrogen-bond donors (Lipinski definition) is 0. The molecule has 0 unspecified atom stereocenters. The molecule has 2 heterocycles. The van der Waals surface area contributed by atoms with Crippen LogP contribution < -0.4 is 4.74 Å². The predicted molar refractivity (Wildman–Crippen MR) is 118 cm³/mol. The number of hydrogen-bond acceptors (Lipinski definition) is 5. The molecule has 158 valence electrons. The first kappa shape index (κ1) is 21.1. The van der Waals surface area contributed by atoms with Gasteiger partial charge in [-0.05, 0) is 54.4 Å². The average molecular weight is 455 g/mol. The Hall–Kier alpha value is -3.16. The molecule has 0 N–H and O–H groups in total. The predicted octanol–water partition coefficient (Wildman–Crippen LogP) is 4.64. The zero-order chi connectivity index (χ0) is 22.0. The van der Waals surface area contributed by atoms with Gasteiger partial charge >= 0.3 is 0 Å². The molecule has 4 rings (SSSR count). The van der Waals surface area contributed by atoms with E-state index < -0.39 is 9.84 Å². The molecule has 0 aliphatic heterocycles. The molecule has 2 aromatic heterocycles. The molecule has 0 saturated carbocycles. The number of Topliss-reactive ketones (excluding diaryl/α,β-unsaturated/α-hetero) is 1. The Morgan fingerprint density at radius 1 is 1.06 bits per heavy atom. The standard InChI is InChI=1S/C23H19ClN2O4S/c1-30-19-12-18(24)13-21(14-19)31(28,29)20-6-2-16(3-7-20)4-8-22(27)17-5-9-23-25-10-11-26(23)15-17/h2-3,5-7,9-15H,4,8H2,1H3. The van der Waals surface area contributed by atoms with Gasteiger partial charge in [0.15, 0.2) is 5.78 Å². The summed E-state index contributed by atoms with van der Waals surface area (Å²) < 4.78 is 32.8. The molecule has 6 nitrogen and oxygen atoms in total. The lowest BCUT2D eigenvalue weighted by Gasteiger charge is -2.09. The van der Waals surface area contributed by atoms with Crippen LogP contribution in [0.1, 0.15) is 22.3 Å². The number of carbonyl (C=O) groups excluding carboxylic acids is 1. The third-order valence-corrected chi connectivity index (χ3v) is 6.94. The van der Waals surface area contributed by atoms with Crippen LogP contribution in [0.15, 0.2) is 83.0 Å². The van der Waals surface area contributed by atoms with Gasteiger partial charge in [0.05, 0.1) is 16.9 Å². The van der Waals surface area contributed by atoms with Gasteiger partial charge in [-0.15, -0.1) is 0 Å². The number of imidazole rings is 1. The van der Waals surface area contributed by atoms with E-state index in [-0.39, 0.29) is 20.6 Å². The Kier molecular flexibility index (Phi) is 5.80. The molecule has 8 heteroatoms. The summed E-state index contributed by atoms with van der Waals surface area (Å²) in [4.78, 5) is 16.9. The van der Waals surface area contributed by atoms with E-state index in [9.17, 15) is 13.2 Å². The van der Waals surface area contributed by atoms with Gasteiger partial charge in [-0.3, -0.25) is 4.79 Å². The van der Waals surface area contributed by atoms with Gasteiger partial charge in [-0.1, -0.05) is 23.7 Å². The van der Waals surface area contributed by atoms with Gasteiger partial charge in [0, 0.05) is 35.6 Å². The lowest BCUT2D eigenvalue weighted by atomic mass is 10.0. The maximum atomic E-state index is 12.9. The van der Waals surface area contributed by atoms with Crippen LogP contribution in [0.2, 0.25) is 5.02 Å². The molecule has 0 saturated heterocycles. The first-order chi connectivity index (χ1) is 14.9. The second-order valence-electron chi connectivity index (χ2n) is 7.01. The molecule has 0 amide bonds. The Labute approximate surface area is 185 Å².